The zero-order valence-corrected chi connectivity index (χ0v) is 16.3. The number of aryl methyl sites for hydroxylation is 1. The number of imidazole rings is 1. The molecule has 2 aromatic carbocycles. The summed E-state index contributed by atoms with van der Waals surface area (Å²) in [6.07, 6.45) is 7.48. The maximum atomic E-state index is 13.9. The first-order valence-corrected chi connectivity index (χ1v) is 9.68. The Morgan fingerprint density at radius 3 is 2.70 bits per heavy atom. The molecule has 30 heavy (non-hydrogen) atoms. The Morgan fingerprint density at radius 1 is 1.10 bits per heavy atom. The van der Waals surface area contributed by atoms with Gasteiger partial charge in [-0.25, -0.2) is 14.4 Å². The Hall–Kier alpha value is -3.74. The quantitative estimate of drug-likeness (QED) is 0.482. The normalized spacial score (nSPS) is 10.8. The van der Waals surface area contributed by atoms with Crippen LogP contribution in [0.3, 0.4) is 0 Å². The number of carbonyl (C=O) groups is 1. The molecule has 2 heterocycles. The third-order valence-electron chi connectivity index (χ3n) is 4.77. The van der Waals surface area contributed by atoms with Crippen molar-refractivity contribution in [2.75, 3.05) is 0 Å². The van der Waals surface area contributed by atoms with Gasteiger partial charge in [0.25, 0.3) is 0 Å². The Balaban J connectivity index is 1.31. The van der Waals surface area contributed by atoms with Crippen LogP contribution in [0.15, 0.2) is 77.9 Å². The standard InChI is InChI=1S/C23H21FN4O2/c24-20-8-4-3-7-19(20)21-14-27-23(30-21)10-9-22(29)26-13-17-5-1-2-6-18(17)15-28-12-11-25-16-28/h1-8,11-12,14,16H,9-10,13,15H2,(H,26,29). The van der Waals surface area contributed by atoms with E-state index in [0.717, 1.165) is 11.1 Å². The van der Waals surface area contributed by atoms with Crippen LogP contribution in [0.4, 0.5) is 4.39 Å². The third-order valence-corrected chi connectivity index (χ3v) is 4.77. The second-order valence-corrected chi connectivity index (χ2v) is 6.88. The number of carbonyl (C=O) groups excluding carboxylic acids is 1. The number of halogens is 1. The number of benzene rings is 2. The highest BCUT2D eigenvalue weighted by Crippen LogP contribution is 2.23. The van der Waals surface area contributed by atoms with Crippen molar-refractivity contribution in [3.05, 3.63) is 96.3 Å². The van der Waals surface area contributed by atoms with Crippen LogP contribution in [-0.2, 0) is 24.3 Å². The average Bonchev–Trinajstić information content (AvgIpc) is 3.44. The molecule has 0 atom stereocenters. The Bertz CT molecular complexity index is 1120. The third kappa shape index (κ3) is 4.81. The molecule has 0 spiro atoms. The molecule has 2 aromatic heterocycles. The van der Waals surface area contributed by atoms with Crippen molar-refractivity contribution in [2.24, 2.45) is 0 Å². The predicted octanol–water partition coefficient (Wildman–Crippen LogP) is 3.97. The highest BCUT2D eigenvalue weighted by molar-refractivity contribution is 5.76. The van der Waals surface area contributed by atoms with Crippen LogP contribution in [0.25, 0.3) is 11.3 Å². The Labute approximate surface area is 173 Å². The molecule has 0 aliphatic carbocycles. The number of rotatable bonds is 8. The average molecular weight is 404 g/mol. The second-order valence-electron chi connectivity index (χ2n) is 6.88. The van der Waals surface area contributed by atoms with E-state index in [2.05, 4.69) is 15.3 Å². The van der Waals surface area contributed by atoms with Gasteiger partial charge in [-0.3, -0.25) is 4.79 Å². The van der Waals surface area contributed by atoms with Crippen LogP contribution < -0.4 is 5.32 Å². The summed E-state index contributed by atoms with van der Waals surface area (Å²) < 4.78 is 21.4. The van der Waals surface area contributed by atoms with Crippen LogP contribution in [-0.4, -0.2) is 20.4 Å². The van der Waals surface area contributed by atoms with Gasteiger partial charge in [0.15, 0.2) is 11.7 Å². The van der Waals surface area contributed by atoms with Crippen LogP contribution in [0.1, 0.15) is 23.4 Å². The molecule has 6 nitrogen and oxygen atoms in total. The van der Waals surface area contributed by atoms with Crippen molar-refractivity contribution in [2.45, 2.75) is 25.9 Å². The van der Waals surface area contributed by atoms with Gasteiger partial charge < -0.3 is 14.3 Å². The minimum Gasteiger partial charge on any atom is -0.441 e. The molecule has 0 aliphatic rings. The van der Waals surface area contributed by atoms with Crippen molar-refractivity contribution in [3.8, 4) is 11.3 Å². The van der Waals surface area contributed by atoms with Crippen LogP contribution in [0.2, 0.25) is 0 Å². The number of hydrogen-bond acceptors (Lipinski definition) is 4. The Kier molecular flexibility index (Phi) is 5.98. The lowest BCUT2D eigenvalue weighted by Gasteiger charge is -2.11. The molecule has 0 radical (unpaired) electrons. The maximum Gasteiger partial charge on any atom is 0.220 e. The summed E-state index contributed by atoms with van der Waals surface area (Å²) in [4.78, 5) is 20.5. The van der Waals surface area contributed by atoms with E-state index in [1.165, 1.54) is 12.3 Å². The molecule has 0 fully saturated rings. The predicted molar refractivity (Wildman–Crippen MR) is 110 cm³/mol. The van der Waals surface area contributed by atoms with E-state index in [0.29, 0.717) is 36.7 Å². The van der Waals surface area contributed by atoms with Gasteiger partial charge in [0, 0.05) is 38.3 Å². The minimum absolute atomic E-state index is 0.0990. The molecule has 7 heteroatoms. The van der Waals surface area contributed by atoms with E-state index in [-0.39, 0.29) is 18.1 Å². The summed E-state index contributed by atoms with van der Waals surface area (Å²) in [6, 6.07) is 14.3. The Morgan fingerprint density at radius 2 is 1.90 bits per heavy atom. The molecule has 0 aliphatic heterocycles. The fraction of sp³-hybridized carbons (Fsp3) is 0.174. The highest BCUT2D eigenvalue weighted by Gasteiger charge is 2.12. The molecule has 0 bridgehead atoms. The molecular formula is C23H21FN4O2. The van der Waals surface area contributed by atoms with Crippen molar-refractivity contribution >= 4 is 5.91 Å². The van der Waals surface area contributed by atoms with Gasteiger partial charge in [0.2, 0.25) is 5.91 Å². The molecular weight excluding hydrogens is 383 g/mol. The molecule has 152 valence electrons. The molecule has 1 amide bonds. The van der Waals surface area contributed by atoms with E-state index in [4.69, 9.17) is 4.42 Å². The number of hydrogen-bond donors (Lipinski definition) is 1. The van der Waals surface area contributed by atoms with E-state index < -0.39 is 0 Å². The maximum absolute atomic E-state index is 13.9. The van der Waals surface area contributed by atoms with Gasteiger partial charge >= 0.3 is 0 Å². The second kappa shape index (κ2) is 9.17. The van der Waals surface area contributed by atoms with Crippen molar-refractivity contribution in [1.82, 2.24) is 19.9 Å². The van der Waals surface area contributed by atoms with Crippen LogP contribution in [0, 0.1) is 5.82 Å². The summed E-state index contributed by atoms with van der Waals surface area (Å²) >= 11 is 0. The van der Waals surface area contributed by atoms with Gasteiger partial charge in [0.1, 0.15) is 5.82 Å². The number of aromatic nitrogens is 3. The lowest BCUT2D eigenvalue weighted by Crippen LogP contribution is -2.23. The smallest absolute Gasteiger partial charge is 0.220 e. The first kappa shape index (κ1) is 19.6. The molecule has 1 N–H and O–H groups in total. The SMILES string of the molecule is O=C(CCc1ncc(-c2ccccc2F)o1)NCc1ccccc1Cn1ccnc1. The minimum atomic E-state index is -0.368. The van der Waals surface area contributed by atoms with Crippen LogP contribution in [0.5, 0.6) is 0 Å². The molecule has 4 aromatic rings. The molecule has 0 unspecified atom stereocenters. The van der Waals surface area contributed by atoms with Crippen LogP contribution >= 0.6 is 0 Å². The number of amides is 1. The van der Waals surface area contributed by atoms with E-state index in [9.17, 15) is 9.18 Å². The van der Waals surface area contributed by atoms with E-state index >= 15 is 0 Å². The first-order valence-electron chi connectivity index (χ1n) is 9.68. The first-order chi connectivity index (χ1) is 14.7. The van der Waals surface area contributed by atoms with Gasteiger partial charge in [-0.15, -0.1) is 0 Å². The molecule has 0 saturated heterocycles. The fourth-order valence-corrected chi connectivity index (χ4v) is 3.18. The van der Waals surface area contributed by atoms with Gasteiger partial charge in [-0.1, -0.05) is 36.4 Å². The van der Waals surface area contributed by atoms with Gasteiger partial charge in [-0.2, -0.15) is 0 Å². The van der Waals surface area contributed by atoms with Gasteiger partial charge in [-0.05, 0) is 23.3 Å². The highest BCUT2D eigenvalue weighted by atomic mass is 19.1. The van der Waals surface area contributed by atoms with E-state index in [1.807, 2.05) is 35.0 Å². The zero-order valence-electron chi connectivity index (χ0n) is 16.3. The van der Waals surface area contributed by atoms with Crippen molar-refractivity contribution in [1.29, 1.82) is 0 Å². The lowest BCUT2D eigenvalue weighted by atomic mass is 10.1. The largest absolute Gasteiger partial charge is 0.441 e. The monoisotopic (exact) mass is 404 g/mol. The van der Waals surface area contributed by atoms with E-state index in [1.54, 1.807) is 30.7 Å². The molecule has 0 saturated carbocycles. The number of nitrogens with zero attached hydrogens (tertiary/aromatic N) is 3. The van der Waals surface area contributed by atoms with Crippen molar-refractivity contribution < 1.29 is 13.6 Å². The number of oxazole rings is 1. The zero-order chi connectivity index (χ0) is 20.8. The topological polar surface area (TPSA) is 73.0 Å². The fourth-order valence-electron chi connectivity index (χ4n) is 3.18. The van der Waals surface area contributed by atoms with Gasteiger partial charge in [0.05, 0.1) is 18.1 Å². The summed E-state index contributed by atoms with van der Waals surface area (Å²) in [6.45, 7) is 1.14. The summed E-state index contributed by atoms with van der Waals surface area (Å²) in [5.41, 5.74) is 2.53. The number of nitrogens with one attached hydrogen (secondary N) is 1. The molecule has 4 rings (SSSR count). The summed E-state index contributed by atoms with van der Waals surface area (Å²) in [5, 5.41) is 2.94. The lowest BCUT2D eigenvalue weighted by molar-refractivity contribution is -0.121. The van der Waals surface area contributed by atoms with Crippen molar-refractivity contribution in [3.63, 3.8) is 0 Å². The summed E-state index contributed by atoms with van der Waals surface area (Å²) in [7, 11) is 0. The summed E-state index contributed by atoms with van der Waals surface area (Å²) in [5.74, 6) is 0.297.